The highest BCUT2D eigenvalue weighted by molar-refractivity contribution is 7.89. The number of nitrogens with zero attached hydrogens (tertiary/aromatic N) is 4. The normalized spacial score (nSPS) is 17.1. The molecule has 158 valence electrons. The Bertz CT molecular complexity index is 802. The second-order valence-corrected chi connectivity index (χ2v) is 10.3. The molecule has 0 unspecified atom stereocenters. The van der Waals surface area contributed by atoms with Crippen molar-refractivity contribution in [1.82, 2.24) is 14.1 Å². The van der Waals surface area contributed by atoms with Gasteiger partial charge in [-0.1, -0.05) is 13.8 Å². The summed E-state index contributed by atoms with van der Waals surface area (Å²) in [7, 11) is 2.14. The monoisotopic (exact) mass is 413 g/mol. The molecule has 0 radical (unpaired) electrons. The topological polar surface area (TPSA) is 99.0 Å². The highest BCUT2D eigenvalue weighted by Crippen LogP contribution is 2.30. The van der Waals surface area contributed by atoms with Crippen LogP contribution in [0.4, 0.5) is 11.4 Å². The molecule has 10 heteroatoms. The highest BCUT2D eigenvalue weighted by atomic mass is 32.2. The second-order valence-electron chi connectivity index (χ2n) is 8.40. The van der Waals surface area contributed by atoms with E-state index in [0.29, 0.717) is 38.4 Å². The molecule has 28 heavy (non-hydrogen) atoms. The minimum Gasteiger partial charge on any atom is -0.379 e. The zero-order chi connectivity index (χ0) is 21.1. The summed E-state index contributed by atoms with van der Waals surface area (Å²) in [5.74, 6) is 0. The summed E-state index contributed by atoms with van der Waals surface area (Å²) >= 11 is 0. The molecular formula is C18H31N5O4S. The Labute approximate surface area is 167 Å². The molecule has 1 saturated heterocycles. The first-order valence-electron chi connectivity index (χ1n) is 9.28. The number of likely N-dealkylation sites (N-methyl/N-ethyl adjacent to an activating group) is 1. The first-order valence-corrected chi connectivity index (χ1v) is 10.7. The van der Waals surface area contributed by atoms with E-state index in [4.69, 9.17) is 0 Å². The first kappa shape index (κ1) is 22.5. The predicted molar refractivity (Wildman–Crippen MR) is 110 cm³/mol. The average molecular weight is 414 g/mol. The van der Waals surface area contributed by atoms with Crippen LogP contribution in [0.25, 0.3) is 0 Å². The lowest BCUT2D eigenvalue weighted by atomic mass is 9.93. The second kappa shape index (κ2) is 8.73. The Morgan fingerprint density at radius 2 is 1.82 bits per heavy atom. The SMILES string of the molecule is CN(C)CC(C)(C)CNc1ccc(S(=O)(=O)N2CCN(C)CC2)cc1[N+](=O)[O-]. The largest absolute Gasteiger partial charge is 0.379 e. The fraction of sp³-hybridized carbons (Fsp3) is 0.667. The lowest BCUT2D eigenvalue weighted by molar-refractivity contribution is -0.384. The molecule has 0 aliphatic carbocycles. The Balaban J connectivity index is 2.24. The van der Waals surface area contributed by atoms with Crippen molar-refractivity contribution in [2.45, 2.75) is 18.7 Å². The van der Waals surface area contributed by atoms with Gasteiger partial charge < -0.3 is 15.1 Å². The third-order valence-corrected chi connectivity index (χ3v) is 6.66. The minimum absolute atomic E-state index is 0.0399. The Kier molecular flexibility index (Phi) is 7.02. The number of piperazine rings is 1. The van der Waals surface area contributed by atoms with Crippen molar-refractivity contribution in [1.29, 1.82) is 0 Å². The summed E-state index contributed by atoms with van der Waals surface area (Å²) in [4.78, 5) is 15.1. The fourth-order valence-electron chi connectivity index (χ4n) is 3.40. The molecule has 1 aliphatic rings. The van der Waals surface area contributed by atoms with Crippen LogP contribution >= 0.6 is 0 Å². The lowest BCUT2D eigenvalue weighted by Gasteiger charge is -2.31. The van der Waals surface area contributed by atoms with E-state index in [-0.39, 0.29) is 16.0 Å². The summed E-state index contributed by atoms with van der Waals surface area (Å²) in [5, 5.41) is 14.7. The number of hydrogen-bond donors (Lipinski definition) is 1. The van der Waals surface area contributed by atoms with Gasteiger partial charge in [-0.25, -0.2) is 8.42 Å². The Morgan fingerprint density at radius 3 is 2.36 bits per heavy atom. The smallest absolute Gasteiger partial charge is 0.293 e. The van der Waals surface area contributed by atoms with Crippen LogP contribution in [0.15, 0.2) is 23.1 Å². The van der Waals surface area contributed by atoms with Crippen LogP contribution in [0.5, 0.6) is 0 Å². The molecule has 0 atom stereocenters. The Morgan fingerprint density at radius 1 is 1.21 bits per heavy atom. The van der Waals surface area contributed by atoms with Crippen molar-refractivity contribution in [2.75, 3.05) is 65.7 Å². The first-order chi connectivity index (χ1) is 12.9. The van der Waals surface area contributed by atoms with Gasteiger partial charge in [-0.2, -0.15) is 4.31 Å². The van der Waals surface area contributed by atoms with Gasteiger partial charge in [-0.3, -0.25) is 10.1 Å². The van der Waals surface area contributed by atoms with Gasteiger partial charge in [0, 0.05) is 45.3 Å². The molecule has 1 N–H and O–H groups in total. The zero-order valence-electron chi connectivity index (χ0n) is 17.3. The maximum Gasteiger partial charge on any atom is 0.293 e. The third kappa shape index (κ3) is 5.63. The van der Waals surface area contributed by atoms with E-state index < -0.39 is 14.9 Å². The molecule has 1 aliphatic heterocycles. The number of benzene rings is 1. The number of nitro groups is 1. The number of rotatable bonds is 8. The average Bonchev–Trinajstić information content (AvgIpc) is 2.59. The standard InChI is InChI=1S/C18H31N5O4S/c1-18(2,14-20(3)4)13-19-16-7-6-15(12-17(16)23(24)25)28(26,27)22-10-8-21(5)9-11-22/h6-7,12,19H,8-11,13-14H2,1-5H3. The number of nitrogens with one attached hydrogen (secondary N) is 1. The van der Waals surface area contributed by atoms with E-state index in [1.807, 2.05) is 21.1 Å². The molecule has 1 aromatic rings. The van der Waals surface area contributed by atoms with Crippen LogP contribution in [0.2, 0.25) is 0 Å². The van der Waals surface area contributed by atoms with Crippen LogP contribution in [0.1, 0.15) is 13.8 Å². The summed E-state index contributed by atoms with van der Waals surface area (Å²) in [6.45, 7) is 7.51. The molecule has 1 aromatic carbocycles. The van der Waals surface area contributed by atoms with Gasteiger partial charge in [0.15, 0.2) is 0 Å². The van der Waals surface area contributed by atoms with Gasteiger partial charge in [0.1, 0.15) is 5.69 Å². The molecule has 1 fully saturated rings. The number of anilines is 1. The Hall–Kier alpha value is -1.75. The zero-order valence-corrected chi connectivity index (χ0v) is 18.1. The van der Waals surface area contributed by atoms with Crippen molar-refractivity contribution in [3.8, 4) is 0 Å². The summed E-state index contributed by atoms with van der Waals surface area (Å²) < 4.78 is 27.1. The van der Waals surface area contributed by atoms with Crippen molar-refractivity contribution < 1.29 is 13.3 Å². The molecule has 0 spiro atoms. The van der Waals surface area contributed by atoms with Gasteiger partial charge in [0.25, 0.3) is 5.69 Å². The molecule has 0 amide bonds. The van der Waals surface area contributed by atoms with E-state index in [9.17, 15) is 18.5 Å². The van der Waals surface area contributed by atoms with E-state index in [0.717, 1.165) is 12.6 Å². The van der Waals surface area contributed by atoms with Crippen LogP contribution in [-0.4, -0.2) is 87.9 Å². The van der Waals surface area contributed by atoms with Crippen molar-refractivity contribution in [2.24, 2.45) is 5.41 Å². The quantitative estimate of drug-likeness (QED) is 0.510. The van der Waals surface area contributed by atoms with Gasteiger partial charge in [0.05, 0.1) is 9.82 Å². The molecule has 9 nitrogen and oxygen atoms in total. The molecule has 0 saturated carbocycles. The predicted octanol–water partition coefficient (Wildman–Crippen LogP) is 1.53. The fourth-order valence-corrected chi connectivity index (χ4v) is 4.84. The van der Waals surface area contributed by atoms with E-state index in [2.05, 4.69) is 29.0 Å². The molecule has 1 heterocycles. The number of hydrogen-bond acceptors (Lipinski definition) is 7. The number of sulfonamides is 1. The van der Waals surface area contributed by atoms with Crippen LogP contribution in [-0.2, 0) is 10.0 Å². The summed E-state index contributed by atoms with van der Waals surface area (Å²) in [6.07, 6.45) is 0. The van der Waals surface area contributed by atoms with Crippen LogP contribution in [0, 0.1) is 15.5 Å². The van der Waals surface area contributed by atoms with Gasteiger partial charge in [-0.05, 0) is 38.7 Å². The molecule has 2 rings (SSSR count). The van der Waals surface area contributed by atoms with Gasteiger partial charge >= 0.3 is 0 Å². The van der Waals surface area contributed by atoms with E-state index >= 15 is 0 Å². The summed E-state index contributed by atoms with van der Waals surface area (Å²) in [5.41, 5.74) is -0.00732. The molecule has 0 aromatic heterocycles. The van der Waals surface area contributed by atoms with E-state index in [1.165, 1.54) is 16.4 Å². The van der Waals surface area contributed by atoms with E-state index in [1.54, 1.807) is 0 Å². The molecular weight excluding hydrogens is 382 g/mol. The minimum atomic E-state index is -3.75. The maximum absolute atomic E-state index is 12.9. The van der Waals surface area contributed by atoms with Crippen LogP contribution in [0.3, 0.4) is 0 Å². The van der Waals surface area contributed by atoms with Gasteiger partial charge in [-0.15, -0.1) is 0 Å². The molecule has 0 bridgehead atoms. The highest BCUT2D eigenvalue weighted by Gasteiger charge is 2.30. The maximum atomic E-state index is 12.9. The van der Waals surface area contributed by atoms with Gasteiger partial charge in [0.2, 0.25) is 10.0 Å². The summed E-state index contributed by atoms with van der Waals surface area (Å²) in [6, 6.07) is 4.10. The lowest BCUT2D eigenvalue weighted by Crippen LogP contribution is -2.47. The van der Waals surface area contributed by atoms with Crippen molar-refractivity contribution >= 4 is 21.4 Å². The van der Waals surface area contributed by atoms with Crippen molar-refractivity contribution in [3.63, 3.8) is 0 Å². The number of nitro benzene ring substituents is 1. The van der Waals surface area contributed by atoms with Crippen LogP contribution < -0.4 is 5.32 Å². The van der Waals surface area contributed by atoms with Crippen molar-refractivity contribution in [3.05, 3.63) is 28.3 Å². The third-order valence-electron chi connectivity index (χ3n) is 4.77.